The Morgan fingerprint density at radius 1 is 1.44 bits per heavy atom. The number of nitrogens with zero attached hydrogens (tertiary/aromatic N) is 1. The first kappa shape index (κ1) is 14.4. The Morgan fingerprint density at radius 3 is 2.72 bits per heavy atom. The molecule has 0 aliphatic heterocycles. The topological polar surface area (TPSA) is 78.4 Å². The van der Waals surface area contributed by atoms with E-state index in [4.69, 9.17) is 10.5 Å². The second-order valence-corrected chi connectivity index (χ2v) is 4.29. The van der Waals surface area contributed by atoms with Crippen molar-refractivity contribution in [3.05, 3.63) is 33.9 Å². The molecule has 0 amide bonds. The maximum Gasteiger partial charge on any atom is 0.311 e. The summed E-state index contributed by atoms with van der Waals surface area (Å²) in [6, 6.07) is 4.76. The minimum atomic E-state index is -0.443. The van der Waals surface area contributed by atoms with Gasteiger partial charge in [0, 0.05) is 12.1 Å². The normalized spacial score (nSPS) is 12.2. The van der Waals surface area contributed by atoms with Gasteiger partial charge in [0.25, 0.3) is 0 Å². The number of nitro benzene ring substituents is 1. The van der Waals surface area contributed by atoms with Crippen LogP contribution in [0.5, 0.6) is 5.75 Å². The van der Waals surface area contributed by atoms with Crippen molar-refractivity contribution in [3.63, 3.8) is 0 Å². The van der Waals surface area contributed by atoms with Crippen LogP contribution in [0.15, 0.2) is 18.2 Å². The smallest absolute Gasteiger partial charge is 0.311 e. The Balaban J connectivity index is 2.83. The highest BCUT2D eigenvalue weighted by Crippen LogP contribution is 2.30. The van der Waals surface area contributed by atoms with Gasteiger partial charge in [0.15, 0.2) is 5.75 Å². The molecule has 1 rings (SSSR count). The molecule has 1 aromatic carbocycles. The fraction of sp³-hybridized carbons (Fsp3) is 0.538. The molecule has 0 unspecified atom stereocenters. The van der Waals surface area contributed by atoms with E-state index in [0.29, 0.717) is 0 Å². The molecule has 0 aliphatic rings. The highest BCUT2D eigenvalue weighted by molar-refractivity contribution is 5.49. The molecule has 1 atom stereocenters. The van der Waals surface area contributed by atoms with E-state index < -0.39 is 4.92 Å². The SMILES string of the molecule is CCCCC[C@H](N)c1ccc(OC)c([N+](=O)[O-])c1. The summed E-state index contributed by atoms with van der Waals surface area (Å²) in [5.74, 6) is 0.268. The molecule has 0 bridgehead atoms. The van der Waals surface area contributed by atoms with E-state index in [1.54, 1.807) is 12.1 Å². The van der Waals surface area contributed by atoms with Crippen LogP contribution < -0.4 is 10.5 Å². The number of hydrogen-bond donors (Lipinski definition) is 1. The summed E-state index contributed by atoms with van der Waals surface area (Å²) in [6.45, 7) is 2.13. The van der Waals surface area contributed by atoms with Gasteiger partial charge in [-0.3, -0.25) is 10.1 Å². The average molecular weight is 252 g/mol. The number of ether oxygens (including phenoxy) is 1. The van der Waals surface area contributed by atoms with E-state index >= 15 is 0 Å². The average Bonchev–Trinajstić information content (AvgIpc) is 2.38. The maximum absolute atomic E-state index is 10.9. The van der Waals surface area contributed by atoms with Crippen LogP contribution in [0.4, 0.5) is 5.69 Å². The molecule has 0 saturated carbocycles. The van der Waals surface area contributed by atoms with E-state index in [2.05, 4.69) is 6.92 Å². The quantitative estimate of drug-likeness (QED) is 0.459. The molecule has 100 valence electrons. The molecule has 5 nitrogen and oxygen atoms in total. The highest BCUT2D eigenvalue weighted by Gasteiger charge is 2.17. The maximum atomic E-state index is 10.9. The predicted molar refractivity (Wildman–Crippen MR) is 70.7 cm³/mol. The molecule has 0 spiro atoms. The Bertz CT molecular complexity index is 407. The second-order valence-electron chi connectivity index (χ2n) is 4.29. The number of hydrogen-bond acceptors (Lipinski definition) is 4. The van der Waals surface area contributed by atoms with Gasteiger partial charge in [-0.2, -0.15) is 0 Å². The third kappa shape index (κ3) is 3.70. The Labute approximate surface area is 107 Å². The molecule has 0 radical (unpaired) electrons. The predicted octanol–water partition coefficient (Wildman–Crippen LogP) is 3.18. The van der Waals surface area contributed by atoms with E-state index in [-0.39, 0.29) is 17.5 Å². The van der Waals surface area contributed by atoms with Crippen LogP contribution in [0.2, 0.25) is 0 Å². The lowest BCUT2D eigenvalue weighted by Crippen LogP contribution is -2.10. The molecule has 0 heterocycles. The first-order valence-electron chi connectivity index (χ1n) is 6.18. The largest absolute Gasteiger partial charge is 0.490 e. The van der Waals surface area contributed by atoms with Crippen LogP contribution in [-0.4, -0.2) is 12.0 Å². The van der Waals surface area contributed by atoms with Crippen molar-refractivity contribution < 1.29 is 9.66 Å². The van der Waals surface area contributed by atoms with Crippen LogP contribution in [-0.2, 0) is 0 Å². The minimum Gasteiger partial charge on any atom is -0.490 e. The Hall–Kier alpha value is -1.62. The third-order valence-corrected chi connectivity index (χ3v) is 2.95. The molecular formula is C13H20N2O3. The number of unbranched alkanes of at least 4 members (excludes halogenated alkanes) is 2. The van der Waals surface area contributed by atoms with Gasteiger partial charge in [0.05, 0.1) is 12.0 Å². The number of nitrogens with two attached hydrogens (primary N) is 1. The van der Waals surface area contributed by atoms with Crippen LogP contribution in [0, 0.1) is 10.1 Å². The summed E-state index contributed by atoms with van der Waals surface area (Å²) in [6.07, 6.45) is 4.15. The lowest BCUT2D eigenvalue weighted by Gasteiger charge is -2.12. The molecule has 0 aromatic heterocycles. The van der Waals surface area contributed by atoms with E-state index in [0.717, 1.165) is 31.2 Å². The van der Waals surface area contributed by atoms with Crippen molar-refractivity contribution in [1.29, 1.82) is 0 Å². The molecule has 0 fully saturated rings. The summed E-state index contributed by atoms with van der Waals surface area (Å²) < 4.78 is 4.96. The molecule has 18 heavy (non-hydrogen) atoms. The van der Waals surface area contributed by atoms with Crippen molar-refractivity contribution >= 4 is 5.69 Å². The monoisotopic (exact) mass is 252 g/mol. The molecule has 2 N–H and O–H groups in total. The second kappa shape index (κ2) is 6.96. The molecule has 1 aromatic rings. The van der Waals surface area contributed by atoms with Gasteiger partial charge >= 0.3 is 5.69 Å². The highest BCUT2D eigenvalue weighted by atomic mass is 16.6. The third-order valence-electron chi connectivity index (χ3n) is 2.95. The van der Waals surface area contributed by atoms with Gasteiger partial charge in [-0.15, -0.1) is 0 Å². The fourth-order valence-electron chi connectivity index (χ4n) is 1.86. The Kier molecular flexibility index (Phi) is 5.58. The first-order chi connectivity index (χ1) is 8.60. The van der Waals surface area contributed by atoms with Gasteiger partial charge in [-0.1, -0.05) is 32.3 Å². The van der Waals surface area contributed by atoms with Crippen molar-refractivity contribution in [2.45, 2.75) is 38.6 Å². The summed E-state index contributed by atoms with van der Waals surface area (Å²) in [5.41, 5.74) is 6.80. The van der Waals surface area contributed by atoms with Crippen LogP contribution in [0.3, 0.4) is 0 Å². The molecular weight excluding hydrogens is 232 g/mol. The zero-order chi connectivity index (χ0) is 13.5. The number of nitro groups is 1. The number of benzene rings is 1. The summed E-state index contributed by atoms with van der Waals surface area (Å²) >= 11 is 0. The molecule has 5 heteroatoms. The summed E-state index contributed by atoms with van der Waals surface area (Å²) in [7, 11) is 1.42. The van der Waals surface area contributed by atoms with Gasteiger partial charge in [-0.25, -0.2) is 0 Å². The number of rotatable bonds is 7. The van der Waals surface area contributed by atoms with Gasteiger partial charge in [0.1, 0.15) is 0 Å². The lowest BCUT2D eigenvalue weighted by molar-refractivity contribution is -0.385. The first-order valence-corrected chi connectivity index (χ1v) is 6.18. The summed E-state index contributed by atoms with van der Waals surface area (Å²) in [5, 5.41) is 10.9. The van der Waals surface area contributed by atoms with Crippen molar-refractivity contribution in [3.8, 4) is 5.75 Å². The van der Waals surface area contributed by atoms with Crippen LogP contribution >= 0.6 is 0 Å². The van der Waals surface area contributed by atoms with E-state index in [1.807, 2.05) is 0 Å². The van der Waals surface area contributed by atoms with Crippen molar-refractivity contribution in [2.75, 3.05) is 7.11 Å². The van der Waals surface area contributed by atoms with Crippen LogP contribution in [0.25, 0.3) is 0 Å². The summed E-state index contributed by atoms with van der Waals surface area (Å²) in [4.78, 5) is 10.5. The van der Waals surface area contributed by atoms with Gasteiger partial charge in [0.2, 0.25) is 0 Å². The zero-order valence-corrected chi connectivity index (χ0v) is 10.9. The minimum absolute atomic E-state index is 0.0269. The zero-order valence-electron chi connectivity index (χ0n) is 10.9. The fourth-order valence-corrected chi connectivity index (χ4v) is 1.86. The molecule has 0 aliphatic carbocycles. The van der Waals surface area contributed by atoms with E-state index in [1.165, 1.54) is 13.2 Å². The van der Waals surface area contributed by atoms with Crippen LogP contribution in [0.1, 0.15) is 44.2 Å². The van der Waals surface area contributed by atoms with Crippen molar-refractivity contribution in [1.82, 2.24) is 0 Å². The van der Waals surface area contributed by atoms with E-state index in [9.17, 15) is 10.1 Å². The standard InChI is InChI=1S/C13H20N2O3/c1-3-4-5-6-11(14)10-7-8-13(18-2)12(9-10)15(16)17/h7-9,11H,3-6,14H2,1-2H3/t11-/m0/s1. The molecule has 0 saturated heterocycles. The van der Waals surface area contributed by atoms with Gasteiger partial charge < -0.3 is 10.5 Å². The lowest BCUT2D eigenvalue weighted by atomic mass is 10.0. The van der Waals surface area contributed by atoms with Crippen molar-refractivity contribution in [2.24, 2.45) is 5.73 Å². The van der Waals surface area contributed by atoms with Gasteiger partial charge in [-0.05, 0) is 18.1 Å². The number of methoxy groups -OCH3 is 1. The Morgan fingerprint density at radius 2 is 2.17 bits per heavy atom.